The molecule has 0 radical (unpaired) electrons. The van der Waals surface area contributed by atoms with Crippen LogP contribution in [0.2, 0.25) is 0 Å². The van der Waals surface area contributed by atoms with E-state index in [4.69, 9.17) is 0 Å². The predicted molar refractivity (Wildman–Crippen MR) is 115 cm³/mol. The van der Waals surface area contributed by atoms with Gasteiger partial charge >= 0.3 is 0 Å². The molecular formula is C22H27N5O2. The molecule has 0 unspecified atom stereocenters. The molecule has 1 aromatic carbocycles. The summed E-state index contributed by atoms with van der Waals surface area (Å²) in [6, 6.07) is 11.2. The number of pyridine rings is 1. The number of nitrogens with zero attached hydrogens (tertiary/aromatic N) is 4. The molecule has 0 aliphatic heterocycles. The monoisotopic (exact) mass is 393 g/mol. The molecule has 0 spiro atoms. The minimum absolute atomic E-state index is 0.290. The number of likely N-dealkylation sites (N-methyl/N-ethyl adjacent to an activating group) is 1. The zero-order chi connectivity index (χ0) is 20.6. The van der Waals surface area contributed by atoms with Gasteiger partial charge in [0.25, 0.3) is 5.91 Å². The second-order valence-corrected chi connectivity index (χ2v) is 6.83. The van der Waals surface area contributed by atoms with E-state index in [-0.39, 0.29) is 5.91 Å². The maximum Gasteiger partial charge on any atom is 0.271 e. The predicted octanol–water partition coefficient (Wildman–Crippen LogP) is 2.50. The highest BCUT2D eigenvalue weighted by Crippen LogP contribution is 2.20. The number of hydrogen-bond acceptors (Lipinski definition) is 5. The highest BCUT2D eigenvalue weighted by atomic mass is 16.3. The molecule has 2 heterocycles. The van der Waals surface area contributed by atoms with Gasteiger partial charge in [0.05, 0.1) is 12.3 Å². The van der Waals surface area contributed by atoms with Crippen LogP contribution < -0.4 is 5.43 Å². The molecule has 3 rings (SSSR count). The Balaban J connectivity index is 1.74. The normalized spacial score (nSPS) is 12.7. The van der Waals surface area contributed by atoms with E-state index >= 15 is 0 Å². The smallest absolute Gasteiger partial charge is 0.271 e. The number of benzene rings is 1. The standard InChI is InChI=1S/C22H27N5O2/c1-3-26(4-2)15-19(28)16-27-14-18(20-7-5-6-8-21(20)27)13-24-25-22(29)17-9-11-23-12-10-17/h5-14,19,28H,3-4,15-16H2,1-2H3,(H,25,29)/t19-/m0/s1. The maximum atomic E-state index is 12.1. The van der Waals surface area contributed by atoms with Crippen LogP contribution in [0.15, 0.2) is 60.1 Å². The molecule has 1 amide bonds. The van der Waals surface area contributed by atoms with E-state index < -0.39 is 6.10 Å². The number of para-hydroxylation sites is 1. The highest BCUT2D eigenvalue weighted by molar-refractivity contribution is 6.00. The van der Waals surface area contributed by atoms with E-state index in [0.29, 0.717) is 18.7 Å². The van der Waals surface area contributed by atoms with Crippen molar-refractivity contribution in [2.75, 3.05) is 19.6 Å². The number of carbonyl (C=O) groups excluding carboxylic acids is 1. The Morgan fingerprint density at radius 3 is 2.69 bits per heavy atom. The lowest BCUT2D eigenvalue weighted by Crippen LogP contribution is -2.34. The highest BCUT2D eigenvalue weighted by Gasteiger charge is 2.13. The van der Waals surface area contributed by atoms with Crippen molar-refractivity contribution in [3.05, 3.63) is 66.1 Å². The molecule has 29 heavy (non-hydrogen) atoms. The Bertz CT molecular complexity index is 964. The van der Waals surface area contributed by atoms with Gasteiger partial charge in [-0.3, -0.25) is 9.78 Å². The summed E-state index contributed by atoms with van der Waals surface area (Å²) in [5.41, 5.74) is 4.94. The first-order valence-corrected chi connectivity index (χ1v) is 9.84. The average Bonchev–Trinajstić information content (AvgIpc) is 3.10. The van der Waals surface area contributed by atoms with Gasteiger partial charge in [0.15, 0.2) is 0 Å². The van der Waals surface area contributed by atoms with E-state index in [1.54, 1.807) is 30.7 Å². The maximum absolute atomic E-state index is 12.1. The second kappa shape index (κ2) is 9.95. The largest absolute Gasteiger partial charge is 0.390 e. The van der Waals surface area contributed by atoms with Crippen LogP contribution in [0.3, 0.4) is 0 Å². The van der Waals surface area contributed by atoms with Crippen molar-refractivity contribution >= 4 is 23.0 Å². The molecule has 1 atom stereocenters. The van der Waals surface area contributed by atoms with Crippen LogP contribution in [0, 0.1) is 0 Å². The zero-order valence-corrected chi connectivity index (χ0v) is 16.8. The molecule has 0 saturated heterocycles. The van der Waals surface area contributed by atoms with Crippen LogP contribution in [-0.4, -0.2) is 57.4 Å². The summed E-state index contributed by atoms with van der Waals surface area (Å²) in [7, 11) is 0. The molecule has 7 nitrogen and oxygen atoms in total. The molecule has 0 bridgehead atoms. The van der Waals surface area contributed by atoms with Gasteiger partial charge in [-0.15, -0.1) is 0 Å². The lowest BCUT2D eigenvalue weighted by molar-refractivity contribution is 0.0955. The van der Waals surface area contributed by atoms with Crippen molar-refractivity contribution in [2.45, 2.75) is 26.5 Å². The van der Waals surface area contributed by atoms with Gasteiger partial charge in [-0.2, -0.15) is 5.10 Å². The molecular weight excluding hydrogens is 366 g/mol. The van der Waals surface area contributed by atoms with Crippen LogP contribution in [0.25, 0.3) is 10.9 Å². The first-order valence-electron chi connectivity index (χ1n) is 9.84. The molecule has 0 fully saturated rings. The van der Waals surface area contributed by atoms with Crippen LogP contribution in [0.4, 0.5) is 0 Å². The van der Waals surface area contributed by atoms with E-state index in [1.807, 2.05) is 35.0 Å². The number of fused-ring (bicyclic) bond motifs is 1. The van der Waals surface area contributed by atoms with E-state index in [1.165, 1.54) is 0 Å². The molecule has 2 N–H and O–H groups in total. The number of aliphatic hydroxyl groups is 1. The minimum Gasteiger partial charge on any atom is -0.390 e. The Kier molecular flexibility index (Phi) is 7.10. The van der Waals surface area contributed by atoms with Gasteiger partial charge in [0.2, 0.25) is 0 Å². The summed E-state index contributed by atoms with van der Waals surface area (Å²) in [6.07, 6.45) is 6.25. The number of aliphatic hydroxyl groups excluding tert-OH is 1. The summed E-state index contributed by atoms with van der Waals surface area (Å²) in [5, 5.41) is 15.6. The van der Waals surface area contributed by atoms with Gasteiger partial charge < -0.3 is 14.6 Å². The fourth-order valence-corrected chi connectivity index (χ4v) is 3.32. The van der Waals surface area contributed by atoms with Gasteiger partial charge in [-0.25, -0.2) is 5.43 Å². The third-order valence-corrected chi connectivity index (χ3v) is 4.90. The number of rotatable bonds is 9. The summed E-state index contributed by atoms with van der Waals surface area (Å²) in [6.45, 7) is 7.13. The fraction of sp³-hybridized carbons (Fsp3) is 0.318. The molecule has 0 aliphatic rings. The number of hydrogen-bond donors (Lipinski definition) is 2. The molecule has 0 aliphatic carbocycles. The van der Waals surface area contributed by atoms with Crippen LogP contribution in [-0.2, 0) is 6.54 Å². The van der Waals surface area contributed by atoms with Crippen molar-refractivity contribution in [1.82, 2.24) is 19.9 Å². The Labute approximate surface area is 170 Å². The van der Waals surface area contributed by atoms with Gasteiger partial charge in [-0.1, -0.05) is 32.0 Å². The lowest BCUT2D eigenvalue weighted by atomic mass is 10.2. The fourth-order valence-electron chi connectivity index (χ4n) is 3.32. The van der Waals surface area contributed by atoms with Crippen molar-refractivity contribution in [1.29, 1.82) is 0 Å². The van der Waals surface area contributed by atoms with Crippen molar-refractivity contribution in [3.63, 3.8) is 0 Å². The van der Waals surface area contributed by atoms with Crippen LogP contribution in [0.5, 0.6) is 0 Å². The molecule has 7 heteroatoms. The van der Waals surface area contributed by atoms with E-state index in [9.17, 15) is 9.90 Å². The third-order valence-electron chi connectivity index (χ3n) is 4.90. The number of amides is 1. The molecule has 0 saturated carbocycles. The summed E-state index contributed by atoms with van der Waals surface area (Å²) in [4.78, 5) is 18.2. The number of aromatic nitrogens is 2. The summed E-state index contributed by atoms with van der Waals surface area (Å²) >= 11 is 0. The first kappa shape index (κ1) is 20.7. The van der Waals surface area contributed by atoms with Crippen molar-refractivity contribution < 1.29 is 9.90 Å². The summed E-state index contributed by atoms with van der Waals surface area (Å²) in [5.74, 6) is -0.290. The van der Waals surface area contributed by atoms with Gasteiger partial charge in [-0.05, 0) is 31.3 Å². The summed E-state index contributed by atoms with van der Waals surface area (Å²) < 4.78 is 2.04. The van der Waals surface area contributed by atoms with Crippen LogP contribution in [0.1, 0.15) is 29.8 Å². The van der Waals surface area contributed by atoms with E-state index in [2.05, 4.69) is 34.3 Å². The quantitative estimate of drug-likeness (QED) is 0.432. The molecule has 152 valence electrons. The molecule has 2 aromatic heterocycles. The Hall–Kier alpha value is -3.03. The number of nitrogens with one attached hydrogen (secondary N) is 1. The second-order valence-electron chi connectivity index (χ2n) is 6.83. The van der Waals surface area contributed by atoms with Crippen molar-refractivity contribution in [3.8, 4) is 0 Å². The average molecular weight is 393 g/mol. The SMILES string of the molecule is CCN(CC)C[C@H](O)Cn1cc(C=NNC(=O)c2ccncc2)c2ccccc21. The zero-order valence-electron chi connectivity index (χ0n) is 16.8. The minimum atomic E-state index is -0.470. The topological polar surface area (TPSA) is 82.8 Å². The Morgan fingerprint density at radius 2 is 1.97 bits per heavy atom. The van der Waals surface area contributed by atoms with Crippen LogP contribution >= 0.6 is 0 Å². The Morgan fingerprint density at radius 1 is 1.24 bits per heavy atom. The number of hydrazone groups is 1. The first-order chi connectivity index (χ1) is 14.1. The van der Waals surface area contributed by atoms with Gasteiger partial charge in [0, 0.05) is 53.7 Å². The number of carbonyl (C=O) groups is 1. The molecule has 3 aromatic rings. The van der Waals surface area contributed by atoms with E-state index in [0.717, 1.165) is 29.6 Å². The third kappa shape index (κ3) is 5.28. The lowest BCUT2D eigenvalue weighted by Gasteiger charge is -2.22. The van der Waals surface area contributed by atoms with Crippen molar-refractivity contribution in [2.24, 2.45) is 5.10 Å². The van der Waals surface area contributed by atoms with Gasteiger partial charge in [0.1, 0.15) is 0 Å².